The number of benzene rings is 1. The van der Waals surface area contributed by atoms with Gasteiger partial charge in [0.05, 0.1) is 17.5 Å². The third kappa shape index (κ3) is 4.65. The number of aliphatic imine (C=N–C) groups is 1. The maximum absolute atomic E-state index is 8.54. The smallest absolute Gasteiger partial charge is 0.125 e. The summed E-state index contributed by atoms with van der Waals surface area (Å²) in [5, 5.41) is 8.54. The van der Waals surface area contributed by atoms with Gasteiger partial charge < -0.3 is 25.8 Å². The summed E-state index contributed by atoms with van der Waals surface area (Å²) in [6.07, 6.45) is 6.04. The second-order valence-electron chi connectivity index (χ2n) is 7.78. The van der Waals surface area contributed by atoms with Gasteiger partial charge in [-0.3, -0.25) is 10.4 Å². The summed E-state index contributed by atoms with van der Waals surface area (Å²) in [6.45, 7) is 3.79. The normalized spacial score (nSPS) is 20.2. The van der Waals surface area contributed by atoms with Gasteiger partial charge in [-0.2, -0.15) is 0 Å². The van der Waals surface area contributed by atoms with Crippen LogP contribution in [0.4, 0.5) is 5.69 Å². The molecule has 2 aliphatic rings. The van der Waals surface area contributed by atoms with Crippen molar-refractivity contribution in [3.8, 4) is 5.75 Å². The number of methoxy groups -OCH3 is 1. The van der Waals surface area contributed by atoms with E-state index in [9.17, 15) is 0 Å². The molecular weight excluding hydrogens is 354 g/mol. The summed E-state index contributed by atoms with van der Waals surface area (Å²) >= 11 is 0. The first-order valence-corrected chi connectivity index (χ1v) is 9.75. The summed E-state index contributed by atoms with van der Waals surface area (Å²) in [4.78, 5) is 6.54. The molecule has 1 saturated heterocycles. The van der Waals surface area contributed by atoms with Gasteiger partial charge in [-0.15, -0.1) is 0 Å². The van der Waals surface area contributed by atoms with Gasteiger partial charge in [-0.05, 0) is 50.8 Å². The molecule has 0 unspecified atom stereocenters. The summed E-state index contributed by atoms with van der Waals surface area (Å²) < 4.78 is 11.4. The third-order valence-electron chi connectivity index (χ3n) is 5.51. The van der Waals surface area contributed by atoms with E-state index in [0.29, 0.717) is 28.8 Å². The standard InChI is InChI=1S/C21H31N5O2/c1-21(8-9-21)28-15-4-5-17(22)16(12-15)20(24)18(23)13-19(25-2)26-10-6-14(27-3)7-11-26/h4-5,12-14,24H,6-11,22-23H2,1-3H3. The highest BCUT2D eigenvalue weighted by Crippen LogP contribution is 2.40. The van der Waals surface area contributed by atoms with Crippen molar-refractivity contribution < 1.29 is 9.47 Å². The number of nitrogen functional groups attached to an aromatic ring is 1. The Hall–Kier alpha value is -2.54. The van der Waals surface area contributed by atoms with E-state index in [4.69, 9.17) is 26.4 Å². The first-order chi connectivity index (χ1) is 13.3. The van der Waals surface area contributed by atoms with Crippen LogP contribution in [0.15, 0.2) is 35.0 Å². The van der Waals surface area contributed by atoms with Gasteiger partial charge in [0.2, 0.25) is 0 Å². The molecule has 1 aromatic carbocycles. The topological polar surface area (TPSA) is 110 Å². The lowest BCUT2D eigenvalue weighted by atomic mass is 10.0. The van der Waals surface area contributed by atoms with Crippen LogP contribution in [0.5, 0.6) is 5.75 Å². The number of amidine groups is 1. The second kappa shape index (κ2) is 8.22. The summed E-state index contributed by atoms with van der Waals surface area (Å²) in [5.74, 6) is 1.49. The van der Waals surface area contributed by atoms with Crippen molar-refractivity contribution in [2.75, 3.05) is 33.0 Å². The summed E-state index contributed by atoms with van der Waals surface area (Å²) in [5.41, 5.74) is 13.9. The van der Waals surface area contributed by atoms with E-state index in [1.807, 2.05) is 6.07 Å². The molecule has 1 heterocycles. The minimum atomic E-state index is -0.0900. The molecule has 7 nitrogen and oxygen atoms in total. The highest BCUT2D eigenvalue weighted by atomic mass is 16.5. The molecule has 1 aromatic rings. The van der Waals surface area contributed by atoms with E-state index in [1.54, 1.807) is 32.4 Å². The lowest BCUT2D eigenvalue weighted by molar-refractivity contribution is 0.0580. The number of likely N-dealkylation sites (tertiary alicyclic amines) is 1. The number of ether oxygens (including phenoxy) is 2. The van der Waals surface area contributed by atoms with Crippen LogP contribution in [0.1, 0.15) is 38.2 Å². The van der Waals surface area contributed by atoms with Crippen molar-refractivity contribution in [1.29, 1.82) is 5.41 Å². The molecule has 0 amide bonds. The Labute approximate surface area is 166 Å². The van der Waals surface area contributed by atoms with Crippen LogP contribution in [0.2, 0.25) is 0 Å². The molecule has 0 atom stereocenters. The van der Waals surface area contributed by atoms with E-state index < -0.39 is 0 Å². The fourth-order valence-corrected chi connectivity index (χ4v) is 3.36. The van der Waals surface area contributed by atoms with Gasteiger partial charge in [0, 0.05) is 44.6 Å². The predicted molar refractivity (Wildman–Crippen MR) is 113 cm³/mol. The highest BCUT2D eigenvalue weighted by molar-refractivity contribution is 6.15. The highest BCUT2D eigenvalue weighted by Gasteiger charge is 2.40. The number of nitrogens with two attached hydrogens (primary N) is 2. The van der Waals surface area contributed by atoms with Gasteiger partial charge in [-0.1, -0.05) is 0 Å². The number of rotatable bonds is 6. The van der Waals surface area contributed by atoms with Crippen LogP contribution >= 0.6 is 0 Å². The lowest BCUT2D eigenvalue weighted by Crippen LogP contribution is -2.40. The molecule has 28 heavy (non-hydrogen) atoms. The van der Waals surface area contributed by atoms with Crippen molar-refractivity contribution in [2.45, 2.75) is 44.3 Å². The molecule has 5 N–H and O–H groups in total. The summed E-state index contributed by atoms with van der Waals surface area (Å²) in [6, 6.07) is 5.41. The van der Waals surface area contributed by atoms with Crippen molar-refractivity contribution in [2.24, 2.45) is 10.7 Å². The fourth-order valence-electron chi connectivity index (χ4n) is 3.36. The minimum Gasteiger partial charge on any atom is -0.488 e. The fraction of sp³-hybridized carbons (Fsp3) is 0.524. The third-order valence-corrected chi connectivity index (χ3v) is 5.51. The van der Waals surface area contributed by atoms with Crippen molar-refractivity contribution >= 4 is 17.2 Å². The lowest BCUT2D eigenvalue weighted by Gasteiger charge is -2.32. The first-order valence-electron chi connectivity index (χ1n) is 9.75. The Morgan fingerprint density at radius 2 is 2.00 bits per heavy atom. The average Bonchev–Trinajstić information content (AvgIpc) is 3.43. The van der Waals surface area contributed by atoms with E-state index in [1.165, 1.54) is 0 Å². The maximum atomic E-state index is 8.54. The van der Waals surface area contributed by atoms with Crippen molar-refractivity contribution in [3.63, 3.8) is 0 Å². The number of allylic oxidation sites excluding steroid dienone is 1. The van der Waals surface area contributed by atoms with E-state index >= 15 is 0 Å². The van der Waals surface area contributed by atoms with Gasteiger partial charge in [-0.25, -0.2) is 0 Å². The zero-order chi connectivity index (χ0) is 20.3. The Morgan fingerprint density at radius 3 is 2.57 bits per heavy atom. The number of nitrogens with one attached hydrogen (secondary N) is 1. The first kappa shape index (κ1) is 20.2. The van der Waals surface area contributed by atoms with E-state index in [0.717, 1.165) is 44.6 Å². The van der Waals surface area contributed by atoms with Crippen LogP contribution in [0.25, 0.3) is 0 Å². The Morgan fingerprint density at radius 1 is 1.32 bits per heavy atom. The molecular formula is C21H31N5O2. The van der Waals surface area contributed by atoms with Crippen LogP contribution in [-0.4, -0.2) is 55.4 Å². The van der Waals surface area contributed by atoms with Crippen LogP contribution < -0.4 is 16.2 Å². The quantitative estimate of drug-likeness (QED) is 0.396. The van der Waals surface area contributed by atoms with Crippen LogP contribution in [-0.2, 0) is 4.74 Å². The van der Waals surface area contributed by atoms with Gasteiger partial charge in [0.1, 0.15) is 17.2 Å². The molecule has 7 heteroatoms. The van der Waals surface area contributed by atoms with E-state index in [2.05, 4.69) is 16.8 Å². The largest absolute Gasteiger partial charge is 0.488 e. The molecule has 0 radical (unpaired) electrons. The maximum Gasteiger partial charge on any atom is 0.125 e. The molecule has 0 aromatic heterocycles. The van der Waals surface area contributed by atoms with Crippen LogP contribution in [0, 0.1) is 5.41 Å². The van der Waals surface area contributed by atoms with Crippen molar-refractivity contribution in [3.05, 3.63) is 35.5 Å². The molecule has 0 spiro atoms. The zero-order valence-electron chi connectivity index (χ0n) is 17.0. The van der Waals surface area contributed by atoms with Gasteiger partial charge in [0.25, 0.3) is 0 Å². The molecule has 3 rings (SSSR count). The number of piperidine rings is 1. The Balaban J connectivity index is 1.74. The average molecular weight is 386 g/mol. The minimum absolute atomic E-state index is 0.0900. The van der Waals surface area contributed by atoms with E-state index in [-0.39, 0.29) is 11.3 Å². The van der Waals surface area contributed by atoms with Gasteiger partial charge in [0.15, 0.2) is 0 Å². The number of anilines is 1. The molecule has 2 fully saturated rings. The van der Waals surface area contributed by atoms with Gasteiger partial charge >= 0.3 is 0 Å². The number of hydrogen-bond acceptors (Lipinski definition) is 6. The van der Waals surface area contributed by atoms with Crippen molar-refractivity contribution in [1.82, 2.24) is 4.90 Å². The SMILES string of the molecule is CN=C(C=C(N)C(=N)c1cc(OC2(C)CC2)ccc1N)N1CCC(OC)CC1. The Kier molecular flexibility index (Phi) is 5.93. The monoisotopic (exact) mass is 385 g/mol. The zero-order valence-corrected chi connectivity index (χ0v) is 17.0. The number of nitrogens with zero attached hydrogens (tertiary/aromatic N) is 2. The number of hydrogen-bond donors (Lipinski definition) is 3. The molecule has 0 bridgehead atoms. The Bertz CT molecular complexity index is 790. The molecule has 1 aliphatic carbocycles. The summed E-state index contributed by atoms with van der Waals surface area (Å²) in [7, 11) is 3.49. The van der Waals surface area contributed by atoms with Crippen LogP contribution in [0.3, 0.4) is 0 Å². The molecule has 1 saturated carbocycles. The second-order valence-corrected chi connectivity index (χ2v) is 7.78. The predicted octanol–water partition coefficient (Wildman–Crippen LogP) is 2.55. The molecule has 152 valence electrons. The molecule has 1 aliphatic heterocycles.